The number of carbonyl (C=O) groups is 2. The zero-order chi connectivity index (χ0) is 14.9. The molecular weight excluding hydrogens is 371 g/mol. The van der Waals surface area contributed by atoms with Crippen molar-refractivity contribution < 1.29 is 14.7 Å². The predicted molar refractivity (Wildman–Crippen MR) is 79.9 cm³/mol. The van der Waals surface area contributed by atoms with Crippen molar-refractivity contribution in [1.29, 1.82) is 0 Å². The van der Waals surface area contributed by atoms with Crippen molar-refractivity contribution in [1.82, 2.24) is 4.98 Å². The summed E-state index contributed by atoms with van der Waals surface area (Å²) in [4.78, 5) is 25.7. The monoisotopic (exact) mass is 376 g/mol. The molecular formula is C12H7BrCl2N2O3. The summed E-state index contributed by atoms with van der Waals surface area (Å²) in [5.41, 5.74) is 0.278. The normalized spacial score (nSPS) is 10.3. The SMILES string of the molecule is O=C(Nc1cc(Br)ccc1C(=O)O)c1cc(Cl)c(Cl)[nH]1. The second kappa shape index (κ2) is 5.87. The van der Waals surface area contributed by atoms with E-state index < -0.39 is 11.9 Å². The molecule has 0 saturated carbocycles. The van der Waals surface area contributed by atoms with Crippen LogP contribution < -0.4 is 5.32 Å². The fourth-order valence-corrected chi connectivity index (χ4v) is 2.20. The largest absolute Gasteiger partial charge is 0.478 e. The van der Waals surface area contributed by atoms with Gasteiger partial charge in [0.1, 0.15) is 10.8 Å². The standard InChI is InChI=1S/C12H7BrCl2N2O3/c13-5-1-2-6(12(19)20)8(3-5)17-11(18)9-4-7(14)10(15)16-9/h1-4,16H,(H,17,18)(H,19,20). The van der Waals surface area contributed by atoms with E-state index >= 15 is 0 Å². The number of nitrogens with one attached hydrogen (secondary N) is 2. The average Bonchev–Trinajstić information content (AvgIpc) is 2.69. The summed E-state index contributed by atoms with van der Waals surface area (Å²) in [6, 6.07) is 5.81. The first-order valence-electron chi connectivity index (χ1n) is 5.26. The number of aromatic amines is 1. The first kappa shape index (κ1) is 14.9. The van der Waals surface area contributed by atoms with Crippen LogP contribution in [0, 0.1) is 0 Å². The summed E-state index contributed by atoms with van der Waals surface area (Å²) < 4.78 is 0.639. The number of anilines is 1. The van der Waals surface area contributed by atoms with E-state index in [0.29, 0.717) is 4.47 Å². The van der Waals surface area contributed by atoms with Crippen molar-refractivity contribution in [3.8, 4) is 0 Å². The van der Waals surface area contributed by atoms with Gasteiger partial charge < -0.3 is 15.4 Å². The molecule has 1 amide bonds. The summed E-state index contributed by atoms with van der Waals surface area (Å²) in [6.07, 6.45) is 0. The molecule has 0 unspecified atom stereocenters. The van der Waals surface area contributed by atoms with Gasteiger partial charge in [0.15, 0.2) is 0 Å². The Morgan fingerprint density at radius 3 is 2.50 bits per heavy atom. The molecule has 0 saturated heterocycles. The lowest BCUT2D eigenvalue weighted by molar-refractivity contribution is 0.0698. The fraction of sp³-hybridized carbons (Fsp3) is 0. The molecule has 3 N–H and O–H groups in total. The predicted octanol–water partition coefficient (Wildman–Crippen LogP) is 4.03. The third-order valence-corrected chi connectivity index (χ3v) is 3.62. The Hall–Kier alpha value is -1.50. The van der Waals surface area contributed by atoms with Crippen LogP contribution >= 0.6 is 39.1 Å². The molecule has 0 aliphatic rings. The van der Waals surface area contributed by atoms with E-state index in [1.165, 1.54) is 18.2 Å². The van der Waals surface area contributed by atoms with Gasteiger partial charge in [0.2, 0.25) is 0 Å². The third-order valence-electron chi connectivity index (χ3n) is 2.43. The van der Waals surface area contributed by atoms with Gasteiger partial charge in [-0.3, -0.25) is 4.79 Å². The minimum Gasteiger partial charge on any atom is -0.478 e. The first-order valence-corrected chi connectivity index (χ1v) is 6.81. The highest BCUT2D eigenvalue weighted by atomic mass is 79.9. The van der Waals surface area contributed by atoms with Gasteiger partial charge in [-0.2, -0.15) is 0 Å². The highest BCUT2D eigenvalue weighted by molar-refractivity contribution is 9.10. The van der Waals surface area contributed by atoms with Crippen molar-refractivity contribution in [3.63, 3.8) is 0 Å². The highest BCUT2D eigenvalue weighted by Crippen LogP contribution is 2.25. The number of benzene rings is 1. The lowest BCUT2D eigenvalue weighted by Gasteiger charge is -2.08. The molecule has 104 valence electrons. The molecule has 0 spiro atoms. The molecule has 20 heavy (non-hydrogen) atoms. The number of halogens is 3. The van der Waals surface area contributed by atoms with E-state index in [4.69, 9.17) is 28.3 Å². The van der Waals surface area contributed by atoms with Crippen LogP contribution in [0.1, 0.15) is 20.8 Å². The average molecular weight is 378 g/mol. The molecule has 0 atom stereocenters. The Balaban J connectivity index is 2.32. The summed E-state index contributed by atoms with van der Waals surface area (Å²) in [5.74, 6) is -1.69. The van der Waals surface area contributed by atoms with Crippen LogP contribution in [0.3, 0.4) is 0 Å². The smallest absolute Gasteiger partial charge is 0.337 e. The number of carbonyl (C=O) groups excluding carboxylic acids is 1. The van der Waals surface area contributed by atoms with Gasteiger partial charge in [0.05, 0.1) is 16.3 Å². The number of aromatic nitrogens is 1. The summed E-state index contributed by atoms with van der Waals surface area (Å²) >= 11 is 14.7. The number of rotatable bonds is 3. The Bertz CT molecular complexity index is 681. The van der Waals surface area contributed by atoms with Crippen LogP contribution in [-0.4, -0.2) is 22.0 Å². The number of carboxylic acids is 1. The zero-order valence-electron chi connectivity index (χ0n) is 9.71. The lowest BCUT2D eigenvalue weighted by Crippen LogP contribution is -2.15. The zero-order valence-corrected chi connectivity index (χ0v) is 12.8. The Morgan fingerprint density at radius 1 is 1.25 bits per heavy atom. The molecule has 1 heterocycles. The van der Waals surface area contributed by atoms with Crippen LogP contribution in [0.2, 0.25) is 10.2 Å². The van der Waals surface area contributed by atoms with E-state index in [-0.39, 0.29) is 27.1 Å². The van der Waals surface area contributed by atoms with Crippen molar-refractivity contribution in [2.75, 3.05) is 5.32 Å². The lowest BCUT2D eigenvalue weighted by atomic mass is 10.2. The van der Waals surface area contributed by atoms with Gasteiger partial charge in [-0.05, 0) is 24.3 Å². The minimum absolute atomic E-state index is 0.0229. The second-order valence-corrected chi connectivity index (χ2v) is 5.49. The van der Waals surface area contributed by atoms with E-state index in [1.54, 1.807) is 6.07 Å². The molecule has 2 rings (SSSR count). The van der Waals surface area contributed by atoms with Crippen LogP contribution in [0.5, 0.6) is 0 Å². The third kappa shape index (κ3) is 3.15. The molecule has 1 aromatic carbocycles. The topological polar surface area (TPSA) is 82.2 Å². The Kier molecular flexibility index (Phi) is 4.37. The number of carboxylic acid groups (broad SMARTS) is 1. The van der Waals surface area contributed by atoms with E-state index in [1.807, 2.05) is 0 Å². The second-order valence-electron chi connectivity index (χ2n) is 3.79. The van der Waals surface area contributed by atoms with Crippen LogP contribution in [0.15, 0.2) is 28.7 Å². The van der Waals surface area contributed by atoms with Crippen molar-refractivity contribution in [2.45, 2.75) is 0 Å². The fourth-order valence-electron chi connectivity index (χ4n) is 1.52. The Morgan fingerprint density at radius 2 is 1.95 bits per heavy atom. The molecule has 5 nitrogen and oxygen atoms in total. The van der Waals surface area contributed by atoms with Gasteiger partial charge in [0.25, 0.3) is 5.91 Å². The minimum atomic E-state index is -1.14. The van der Waals surface area contributed by atoms with Gasteiger partial charge in [-0.25, -0.2) is 4.79 Å². The molecule has 1 aromatic heterocycles. The molecule has 0 bridgehead atoms. The molecule has 2 aromatic rings. The first-order chi connectivity index (χ1) is 9.38. The van der Waals surface area contributed by atoms with Gasteiger partial charge in [-0.1, -0.05) is 39.1 Å². The van der Waals surface area contributed by atoms with Crippen LogP contribution in [0.25, 0.3) is 0 Å². The molecule has 0 aliphatic carbocycles. The number of hydrogen-bond acceptors (Lipinski definition) is 2. The summed E-state index contributed by atoms with van der Waals surface area (Å²) in [6.45, 7) is 0. The highest BCUT2D eigenvalue weighted by Gasteiger charge is 2.16. The van der Waals surface area contributed by atoms with Crippen LogP contribution in [-0.2, 0) is 0 Å². The molecule has 0 fully saturated rings. The van der Waals surface area contributed by atoms with Crippen LogP contribution in [0.4, 0.5) is 5.69 Å². The van der Waals surface area contributed by atoms with Gasteiger partial charge in [0, 0.05) is 4.47 Å². The van der Waals surface area contributed by atoms with Crippen molar-refractivity contribution in [2.24, 2.45) is 0 Å². The number of hydrogen-bond donors (Lipinski definition) is 3. The maximum absolute atomic E-state index is 12.0. The van der Waals surface area contributed by atoms with Crippen molar-refractivity contribution in [3.05, 3.63) is 50.2 Å². The number of amides is 1. The van der Waals surface area contributed by atoms with Gasteiger partial charge in [-0.15, -0.1) is 0 Å². The molecule has 0 aliphatic heterocycles. The van der Waals surface area contributed by atoms with E-state index in [9.17, 15) is 9.59 Å². The molecule has 0 radical (unpaired) electrons. The Labute approximate surface area is 132 Å². The quantitative estimate of drug-likeness (QED) is 0.754. The van der Waals surface area contributed by atoms with Crippen molar-refractivity contribution >= 4 is 56.7 Å². The maximum atomic E-state index is 12.0. The molecule has 8 heteroatoms. The number of aromatic carboxylic acids is 1. The maximum Gasteiger partial charge on any atom is 0.337 e. The van der Waals surface area contributed by atoms with E-state index in [2.05, 4.69) is 26.2 Å². The summed E-state index contributed by atoms with van der Waals surface area (Å²) in [5, 5.41) is 11.9. The van der Waals surface area contributed by atoms with E-state index in [0.717, 1.165) is 0 Å². The summed E-state index contributed by atoms with van der Waals surface area (Å²) in [7, 11) is 0. The number of H-pyrrole nitrogens is 1. The van der Waals surface area contributed by atoms with Gasteiger partial charge >= 0.3 is 5.97 Å².